The van der Waals surface area contributed by atoms with Crippen LogP contribution in [-0.4, -0.2) is 12.4 Å². The maximum Gasteiger partial charge on any atom is 0.136 e. The number of hydrogen-bond donors (Lipinski definition) is 0. The standard InChI is InChI=1S/C16H22O2/c1-11-9-12(2)13(3)16(10-11)18-8-7-14-5-4-6-15(14)17/h9-10,14H,4-8H2,1-3H3. The van der Waals surface area contributed by atoms with Crippen molar-refractivity contribution in [1.82, 2.24) is 0 Å². The highest BCUT2D eigenvalue weighted by molar-refractivity contribution is 5.82. The first kappa shape index (κ1) is 13.1. The molecule has 0 radical (unpaired) electrons. The first-order valence-electron chi connectivity index (χ1n) is 6.81. The molecule has 0 amide bonds. The van der Waals surface area contributed by atoms with Gasteiger partial charge in [-0.15, -0.1) is 0 Å². The van der Waals surface area contributed by atoms with Crippen molar-refractivity contribution in [3.05, 3.63) is 28.8 Å². The van der Waals surface area contributed by atoms with E-state index >= 15 is 0 Å². The quantitative estimate of drug-likeness (QED) is 0.808. The molecule has 1 unspecified atom stereocenters. The van der Waals surface area contributed by atoms with Crippen molar-refractivity contribution in [3.63, 3.8) is 0 Å². The van der Waals surface area contributed by atoms with Crippen molar-refractivity contribution in [2.45, 2.75) is 46.5 Å². The number of ketones is 1. The summed E-state index contributed by atoms with van der Waals surface area (Å²) in [6.45, 7) is 6.93. The predicted octanol–water partition coefficient (Wildman–Crippen LogP) is 3.75. The van der Waals surface area contributed by atoms with Crippen LogP contribution in [0.15, 0.2) is 12.1 Å². The summed E-state index contributed by atoms with van der Waals surface area (Å²) in [7, 11) is 0. The third-order valence-corrected chi connectivity index (χ3v) is 3.92. The summed E-state index contributed by atoms with van der Waals surface area (Å²) >= 11 is 0. The van der Waals surface area contributed by atoms with E-state index in [1.807, 2.05) is 0 Å². The van der Waals surface area contributed by atoms with Gasteiger partial charge in [0, 0.05) is 12.3 Å². The Kier molecular flexibility index (Phi) is 4.05. The molecule has 0 spiro atoms. The van der Waals surface area contributed by atoms with Crippen LogP contribution in [0.3, 0.4) is 0 Å². The highest BCUT2D eigenvalue weighted by atomic mass is 16.5. The minimum absolute atomic E-state index is 0.246. The summed E-state index contributed by atoms with van der Waals surface area (Å²) in [5, 5.41) is 0. The second-order valence-electron chi connectivity index (χ2n) is 5.40. The van der Waals surface area contributed by atoms with Crippen LogP contribution in [-0.2, 0) is 4.79 Å². The van der Waals surface area contributed by atoms with Crippen molar-refractivity contribution in [3.8, 4) is 5.75 Å². The van der Waals surface area contributed by atoms with Crippen LogP contribution in [0.5, 0.6) is 5.75 Å². The molecule has 0 aliphatic heterocycles. The third kappa shape index (κ3) is 2.92. The van der Waals surface area contributed by atoms with E-state index in [4.69, 9.17) is 4.74 Å². The van der Waals surface area contributed by atoms with Gasteiger partial charge in [0.25, 0.3) is 0 Å². The number of carbonyl (C=O) groups excluding carboxylic acids is 1. The maximum absolute atomic E-state index is 11.5. The average molecular weight is 246 g/mol. The summed E-state index contributed by atoms with van der Waals surface area (Å²) < 4.78 is 5.86. The van der Waals surface area contributed by atoms with Gasteiger partial charge in [0.2, 0.25) is 0 Å². The molecule has 1 fully saturated rings. The minimum atomic E-state index is 0.246. The Balaban J connectivity index is 1.92. The molecular formula is C16H22O2. The monoisotopic (exact) mass is 246 g/mol. The van der Waals surface area contributed by atoms with Crippen LogP contribution in [0, 0.1) is 26.7 Å². The summed E-state index contributed by atoms with van der Waals surface area (Å²) in [6, 6.07) is 4.25. The largest absolute Gasteiger partial charge is 0.493 e. The van der Waals surface area contributed by atoms with Crippen molar-refractivity contribution in [2.24, 2.45) is 5.92 Å². The zero-order chi connectivity index (χ0) is 13.1. The Bertz CT molecular complexity index is 449. The first-order valence-corrected chi connectivity index (χ1v) is 6.81. The Morgan fingerprint density at radius 2 is 2.06 bits per heavy atom. The SMILES string of the molecule is Cc1cc(C)c(C)c(OCCC2CCCC2=O)c1. The molecule has 0 heterocycles. The Morgan fingerprint density at radius 3 is 2.72 bits per heavy atom. The van der Waals surface area contributed by atoms with Gasteiger partial charge in [-0.1, -0.05) is 6.07 Å². The van der Waals surface area contributed by atoms with E-state index in [2.05, 4.69) is 32.9 Å². The predicted molar refractivity (Wildman–Crippen MR) is 73.1 cm³/mol. The highest BCUT2D eigenvalue weighted by Gasteiger charge is 2.23. The molecule has 0 saturated heterocycles. The second-order valence-corrected chi connectivity index (χ2v) is 5.40. The van der Waals surface area contributed by atoms with Crippen LogP contribution in [0.25, 0.3) is 0 Å². The van der Waals surface area contributed by atoms with Gasteiger partial charge in [0.05, 0.1) is 6.61 Å². The van der Waals surface area contributed by atoms with E-state index in [0.29, 0.717) is 12.4 Å². The van der Waals surface area contributed by atoms with Gasteiger partial charge in [-0.3, -0.25) is 4.79 Å². The normalized spacial score (nSPS) is 19.3. The van der Waals surface area contributed by atoms with Crippen LogP contribution in [0.4, 0.5) is 0 Å². The Labute approximate surface area is 109 Å². The molecule has 1 aliphatic carbocycles. The summed E-state index contributed by atoms with van der Waals surface area (Å²) in [4.78, 5) is 11.5. The summed E-state index contributed by atoms with van der Waals surface area (Å²) in [5.74, 6) is 1.64. The van der Waals surface area contributed by atoms with Crippen LogP contribution in [0.1, 0.15) is 42.4 Å². The van der Waals surface area contributed by atoms with Crippen molar-refractivity contribution in [1.29, 1.82) is 0 Å². The smallest absolute Gasteiger partial charge is 0.136 e. The molecular weight excluding hydrogens is 224 g/mol. The molecule has 18 heavy (non-hydrogen) atoms. The van der Waals surface area contributed by atoms with Crippen LogP contribution in [0.2, 0.25) is 0 Å². The molecule has 0 bridgehead atoms. The van der Waals surface area contributed by atoms with Crippen molar-refractivity contribution >= 4 is 5.78 Å². The number of carbonyl (C=O) groups is 1. The zero-order valence-electron chi connectivity index (χ0n) is 11.6. The van der Waals surface area contributed by atoms with E-state index in [1.54, 1.807) is 0 Å². The molecule has 1 saturated carbocycles. The number of ether oxygens (including phenoxy) is 1. The van der Waals surface area contributed by atoms with Gasteiger partial charge >= 0.3 is 0 Å². The minimum Gasteiger partial charge on any atom is -0.493 e. The van der Waals surface area contributed by atoms with E-state index in [-0.39, 0.29) is 5.92 Å². The number of benzene rings is 1. The lowest BCUT2D eigenvalue weighted by Crippen LogP contribution is -2.11. The van der Waals surface area contributed by atoms with Gasteiger partial charge in [-0.2, -0.15) is 0 Å². The Morgan fingerprint density at radius 1 is 1.28 bits per heavy atom. The van der Waals surface area contributed by atoms with Gasteiger partial charge in [0.1, 0.15) is 11.5 Å². The molecule has 0 aromatic heterocycles. The molecule has 2 heteroatoms. The molecule has 1 aliphatic rings. The fourth-order valence-corrected chi connectivity index (χ4v) is 2.65. The third-order valence-electron chi connectivity index (χ3n) is 3.92. The molecule has 2 nitrogen and oxygen atoms in total. The van der Waals surface area contributed by atoms with E-state index < -0.39 is 0 Å². The zero-order valence-corrected chi connectivity index (χ0v) is 11.6. The molecule has 1 aromatic carbocycles. The number of hydrogen-bond acceptors (Lipinski definition) is 2. The molecule has 98 valence electrons. The van der Waals surface area contributed by atoms with E-state index in [9.17, 15) is 4.79 Å². The lowest BCUT2D eigenvalue weighted by molar-refractivity contribution is -0.121. The molecule has 2 rings (SSSR count). The van der Waals surface area contributed by atoms with Crippen LogP contribution >= 0.6 is 0 Å². The van der Waals surface area contributed by atoms with Gasteiger partial charge in [-0.05, 0) is 62.8 Å². The molecule has 1 atom stereocenters. The maximum atomic E-state index is 11.5. The fourth-order valence-electron chi connectivity index (χ4n) is 2.65. The van der Waals surface area contributed by atoms with Crippen LogP contribution < -0.4 is 4.74 Å². The Hall–Kier alpha value is -1.31. The highest BCUT2D eigenvalue weighted by Crippen LogP contribution is 2.26. The summed E-state index contributed by atoms with van der Waals surface area (Å²) in [6.07, 6.45) is 3.75. The van der Waals surface area contributed by atoms with E-state index in [1.165, 1.54) is 16.7 Å². The van der Waals surface area contributed by atoms with Crippen molar-refractivity contribution in [2.75, 3.05) is 6.61 Å². The summed E-state index contributed by atoms with van der Waals surface area (Å²) in [5.41, 5.74) is 3.70. The number of aryl methyl sites for hydroxylation is 2. The lowest BCUT2D eigenvalue weighted by Gasteiger charge is -2.14. The molecule has 0 N–H and O–H groups in total. The van der Waals surface area contributed by atoms with Gasteiger partial charge < -0.3 is 4.74 Å². The second kappa shape index (κ2) is 5.55. The lowest BCUT2D eigenvalue weighted by atomic mass is 10.0. The topological polar surface area (TPSA) is 26.3 Å². The van der Waals surface area contributed by atoms with Crippen molar-refractivity contribution < 1.29 is 9.53 Å². The number of Topliss-reactive ketones (excluding diaryl/α,β-unsaturated/α-hetero) is 1. The average Bonchev–Trinajstić information content (AvgIpc) is 2.71. The van der Waals surface area contributed by atoms with Gasteiger partial charge in [-0.25, -0.2) is 0 Å². The van der Waals surface area contributed by atoms with E-state index in [0.717, 1.165) is 31.4 Å². The molecule has 1 aromatic rings. The van der Waals surface area contributed by atoms with Gasteiger partial charge in [0.15, 0.2) is 0 Å². The first-order chi connectivity index (χ1) is 8.58. The number of rotatable bonds is 4. The fraction of sp³-hybridized carbons (Fsp3) is 0.562.